The first kappa shape index (κ1) is 8.19. The molecule has 0 aliphatic heterocycles. The smallest absolute Gasteiger partial charge is 0.160 e. The minimum Gasteiger partial charge on any atom is -0.330 e. The van der Waals surface area contributed by atoms with Gasteiger partial charge in [0.05, 0.1) is 0 Å². The van der Waals surface area contributed by atoms with E-state index in [0.717, 1.165) is 24.3 Å². The van der Waals surface area contributed by atoms with Crippen LogP contribution in [0.3, 0.4) is 0 Å². The molecule has 0 fully saturated rings. The van der Waals surface area contributed by atoms with Crippen molar-refractivity contribution in [2.45, 2.75) is 12.8 Å². The Balaban J connectivity index is 2.35. The van der Waals surface area contributed by atoms with Crippen LogP contribution in [-0.2, 0) is 6.42 Å². The minimum atomic E-state index is 0.696. The average Bonchev–Trinajstić information content (AvgIpc) is 2.58. The van der Waals surface area contributed by atoms with Crippen LogP contribution >= 0.6 is 0 Å². The number of rotatable bonds is 3. The highest BCUT2D eigenvalue weighted by Crippen LogP contribution is 2.04. The molecule has 0 atom stereocenters. The van der Waals surface area contributed by atoms with Gasteiger partial charge in [-0.2, -0.15) is 0 Å². The fraction of sp³-hybridized carbons (Fsp3) is 0.333. The quantitative estimate of drug-likeness (QED) is 0.745. The van der Waals surface area contributed by atoms with Crippen LogP contribution in [-0.4, -0.2) is 21.1 Å². The molecule has 0 aliphatic carbocycles. The summed E-state index contributed by atoms with van der Waals surface area (Å²) in [7, 11) is 0. The lowest BCUT2D eigenvalue weighted by molar-refractivity contribution is 0.770. The topological polar surface area (TPSA) is 56.2 Å². The third kappa shape index (κ3) is 1.53. The third-order valence-corrected chi connectivity index (χ3v) is 1.99. The highest BCUT2D eigenvalue weighted by Gasteiger charge is 2.02. The lowest BCUT2D eigenvalue weighted by atomic mass is 10.3. The van der Waals surface area contributed by atoms with E-state index in [2.05, 4.69) is 10.2 Å². The SMILES string of the molecule is NCCCc1nnc2ccccn12. The Labute approximate surface area is 76.4 Å². The van der Waals surface area contributed by atoms with Crippen molar-refractivity contribution in [1.82, 2.24) is 14.6 Å². The summed E-state index contributed by atoms with van der Waals surface area (Å²) in [5.41, 5.74) is 6.33. The molecule has 0 radical (unpaired) electrons. The first-order valence-electron chi connectivity index (χ1n) is 4.40. The van der Waals surface area contributed by atoms with Crippen LogP contribution in [0.25, 0.3) is 5.65 Å². The predicted octanol–water partition coefficient (Wildman–Crippen LogP) is 0.621. The molecule has 0 bridgehead atoms. The minimum absolute atomic E-state index is 0.696. The van der Waals surface area contributed by atoms with E-state index >= 15 is 0 Å². The van der Waals surface area contributed by atoms with Gasteiger partial charge in [0.25, 0.3) is 0 Å². The fourth-order valence-electron chi connectivity index (χ4n) is 1.32. The third-order valence-electron chi connectivity index (χ3n) is 1.99. The Kier molecular flexibility index (Phi) is 2.23. The number of hydrogen-bond acceptors (Lipinski definition) is 3. The van der Waals surface area contributed by atoms with Gasteiger partial charge in [0, 0.05) is 12.6 Å². The molecule has 2 heterocycles. The molecule has 4 heteroatoms. The van der Waals surface area contributed by atoms with Crippen LogP contribution in [0, 0.1) is 0 Å². The summed E-state index contributed by atoms with van der Waals surface area (Å²) in [6.45, 7) is 0.696. The van der Waals surface area contributed by atoms with Gasteiger partial charge in [-0.1, -0.05) is 6.07 Å². The van der Waals surface area contributed by atoms with Gasteiger partial charge in [0.2, 0.25) is 0 Å². The van der Waals surface area contributed by atoms with E-state index in [-0.39, 0.29) is 0 Å². The van der Waals surface area contributed by atoms with E-state index in [9.17, 15) is 0 Å². The molecular weight excluding hydrogens is 164 g/mol. The van der Waals surface area contributed by atoms with Crippen molar-refractivity contribution in [3.05, 3.63) is 30.2 Å². The molecule has 0 saturated carbocycles. The highest BCUT2D eigenvalue weighted by molar-refractivity contribution is 5.36. The number of aromatic nitrogens is 3. The Bertz CT molecular complexity index is 393. The largest absolute Gasteiger partial charge is 0.330 e. The van der Waals surface area contributed by atoms with Gasteiger partial charge in [-0.05, 0) is 25.1 Å². The number of hydrogen-bond donors (Lipinski definition) is 1. The Hall–Kier alpha value is -1.42. The maximum Gasteiger partial charge on any atom is 0.160 e. The van der Waals surface area contributed by atoms with Crippen molar-refractivity contribution in [2.24, 2.45) is 5.73 Å². The monoisotopic (exact) mass is 176 g/mol. The van der Waals surface area contributed by atoms with Crippen molar-refractivity contribution in [1.29, 1.82) is 0 Å². The summed E-state index contributed by atoms with van der Waals surface area (Å²) < 4.78 is 2.00. The summed E-state index contributed by atoms with van der Waals surface area (Å²) in [6.07, 6.45) is 3.82. The number of nitrogens with two attached hydrogens (primary N) is 1. The van der Waals surface area contributed by atoms with Gasteiger partial charge in [0.15, 0.2) is 5.65 Å². The zero-order valence-electron chi connectivity index (χ0n) is 7.35. The van der Waals surface area contributed by atoms with E-state index in [0.29, 0.717) is 6.54 Å². The maximum absolute atomic E-state index is 5.43. The lowest BCUT2D eigenvalue weighted by Crippen LogP contribution is -2.02. The van der Waals surface area contributed by atoms with Crippen LogP contribution in [0.5, 0.6) is 0 Å². The summed E-state index contributed by atoms with van der Waals surface area (Å²) in [5.74, 6) is 0.987. The molecule has 0 saturated heterocycles. The van der Waals surface area contributed by atoms with E-state index in [4.69, 9.17) is 5.73 Å². The first-order valence-corrected chi connectivity index (χ1v) is 4.40. The molecule has 0 unspecified atom stereocenters. The van der Waals surface area contributed by atoms with Crippen LogP contribution in [0.15, 0.2) is 24.4 Å². The number of pyridine rings is 1. The zero-order valence-corrected chi connectivity index (χ0v) is 7.35. The zero-order chi connectivity index (χ0) is 9.10. The van der Waals surface area contributed by atoms with Crippen LogP contribution in [0.2, 0.25) is 0 Å². The van der Waals surface area contributed by atoms with Gasteiger partial charge in [-0.15, -0.1) is 10.2 Å². The Morgan fingerprint density at radius 3 is 3.08 bits per heavy atom. The molecule has 2 N–H and O–H groups in total. The second-order valence-electron chi connectivity index (χ2n) is 2.94. The molecule has 2 aromatic rings. The lowest BCUT2D eigenvalue weighted by Gasteiger charge is -1.96. The van der Waals surface area contributed by atoms with Crippen LogP contribution < -0.4 is 5.73 Å². The number of aryl methyl sites for hydroxylation is 1. The molecule has 2 aromatic heterocycles. The van der Waals surface area contributed by atoms with Gasteiger partial charge < -0.3 is 5.73 Å². The predicted molar refractivity (Wildman–Crippen MR) is 50.4 cm³/mol. The highest BCUT2D eigenvalue weighted by atomic mass is 15.2. The van der Waals surface area contributed by atoms with Crippen molar-refractivity contribution in [2.75, 3.05) is 6.54 Å². The van der Waals surface area contributed by atoms with Crippen LogP contribution in [0.1, 0.15) is 12.2 Å². The molecule has 4 nitrogen and oxygen atoms in total. The first-order chi connectivity index (χ1) is 6.42. The number of fused-ring (bicyclic) bond motifs is 1. The van der Waals surface area contributed by atoms with Gasteiger partial charge in [0.1, 0.15) is 5.82 Å². The normalized spacial score (nSPS) is 10.8. The molecule has 2 rings (SSSR count). The standard InChI is InChI=1S/C9H12N4/c10-6-3-5-9-12-11-8-4-1-2-7-13(8)9/h1-2,4,7H,3,5-6,10H2. The van der Waals surface area contributed by atoms with E-state index in [1.807, 2.05) is 28.8 Å². The summed E-state index contributed by atoms with van der Waals surface area (Å²) in [4.78, 5) is 0. The van der Waals surface area contributed by atoms with Crippen molar-refractivity contribution < 1.29 is 0 Å². The van der Waals surface area contributed by atoms with Crippen molar-refractivity contribution in [3.8, 4) is 0 Å². The van der Waals surface area contributed by atoms with E-state index < -0.39 is 0 Å². The summed E-state index contributed by atoms with van der Waals surface area (Å²) >= 11 is 0. The average molecular weight is 176 g/mol. The second kappa shape index (κ2) is 3.53. The van der Waals surface area contributed by atoms with Crippen molar-refractivity contribution in [3.63, 3.8) is 0 Å². The second-order valence-corrected chi connectivity index (χ2v) is 2.94. The molecule has 0 amide bonds. The summed E-state index contributed by atoms with van der Waals surface area (Å²) in [5, 5.41) is 8.13. The Morgan fingerprint density at radius 1 is 1.31 bits per heavy atom. The van der Waals surface area contributed by atoms with E-state index in [1.54, 1.807) is 0 Å². The molecule has 0 spiro atoms. The van der Waals surface area contributed by atoms with Gasteiger partial charge in [-0.25, -0.2) is 0 Å². The molecule has 13 heavy (non-hydrogen) atoms. The Morgan fingerprint density at radius 2 is 2.23 bits per heavy atom. The number of nitrogens with zero attached hydrogens (tertiary/aromatic N) is 3. The molecule has 0 aromatic carbocycles. The van der Waals surface area contributed by atoms with Crippen molar-refractivity contribution >= 4 is 5.65 Å². The summed E-state index contributed by atoms with van der Waals surface area (Å²) in [6, 6.07) is 5.87. The van der Waals surface area contributed by atoms with Crippen LogP contribution in [0.4, 0.5) is 0 Å². The fourth-order valence-corrected chi connectivity index (χ4v) is 1.32. The molecule has 0 aliphatic rings. The molecular formula is C9H12N4. The van der Waals surface area contributed by atoms with Gasteiger partial charge in [-0.3, -0.25) is 4.40 Å². The van der Waals surface area contributed by atoms with Gasteiger partial charge >= 0.3 is 0 Å². The van der Waals surface area contributed by atoms with E-state index in [1.165, 1.54) is 0 Å². The molecule has 68 valence electrons. The maximum atomic E-state index is 5.43.